The van der Waals surface area contributed by atoms with E-state index in [0.29, 0.717) is 17.3 Å². The van der Waals surface area contributed by atoms with Crippen LogP contribution in [0.25, 0.3) is 44.2 Å². The van der Waals surface area contributed by atoms with Gasteiger partial charge in [-0.15, -0.1) is 0 Å². The number of fused-ring (bicyclic) bond motifs is 2. The van der Waals surface area contributed by atoms with E-state index in [-0.39, 0.29) is 47.9 Å². The molecule has 1 aliphatic rings. The zero-order chi connectivity index (χ0) is 38.3. The molecule has 0 saturated carbocycles. The van der Waals surface area contributed by atoms with Crippen molar-refractivity contribution in [1.29, 1.82) is 0 Å². The molecule has 3 aromatic heterocycles. The molecule has 272 valence electrons. The summed E-state index contributed by atoms with van der Waals surface area (Å²) in [4.78, 5) is 58.1. The Morgan fingerprint density at radius 3 is 2.52 bits per heavy atom. The van der Waals surface area contributed by atoms with Gasteiger partial charge in [0.15, 0.2) is 0 Å². The molecule has 1 saturated heterocycles. The average Bonchev–Trinajstić information content (AvgIpc) is 3.38. The highest BCUT2D eigenvalue weighted by atomic mass is 19.1. The van der Waals surface area contributed by atoms with Crippen LogP contribution in [-0.2, 0) is 23.7 Å². The van der Waals surface area contributed by atoms with Crippen molar-refractivity contribution in [2.24, 2.45) is 14.1 Å². The van der Waals surface area contributed by atoms with Crippen LogP contribution in [0, 0.1) is 23.5 Å². The minimum Gasteiger partial charge on any atom is -0.371 e. The third-order valence-corrected chi connectivity index (χ3v) is 9.57. The number of imide groups is 1. The van der Waals surface area contributed by atoms with Crippen LogP contribution in [0.2, 0.25) is 0 Å². The number of aryl methyl sites for hydroxylation is 2. The molecule has 0 aliphatic carbocycles. The molecular weight excluding hydrogens is 692 g/mol. The number of carbonyl (C=O) groups is 3. The summed E-state index contributed by atoms with van der Waals surface area (Å²) in [5, 5.41) is 9.40. The first-order valence-corrected chi connectivity index (χ1v) is 17.3. The van der Waals surface area contributed by atoms with E-state index in [4.69, 9.17) is 4.98 Å². The third kappa shape index (κ3) is 6.81. The maximum atomic E-state index is 14.5. The Hall–Kier alpha value is -6.68. The van der Waals surface area contributed by atoms with Crippen LogP contribution in [-0.4, -0.2) is 49.4 Å². The maximum absolute atomic E-state index is 14.5. The summed E-state index contributed by atoms with van der Waals surface area (Å²) in [5.74, 6) is 2.11. The van der Waals surface area contributed by atoms with Crippen molar-refractivity contribution in [2.45, 2.75) is 38.6 Å². The molecule has 0 bridgehead atoms. The van der Waals surface area contributed by atoms with Gasteiger partial charge < -0.3 is 10.6 Å². The lowest BCUT2D eigenvalue weighted by Gasteiger charge is -2.23. The van der Waals surface area contributed by atoms with Crippen molar-refractivity contribution >= 4 is 45.2 Å². The van der Waals surface area contributed by atoms with Gasteiger partial charge in [0.2, 0.25) is 11.8 Å². The molecule has 1 unspecified atom stereocenters. The monoisotopic (exact) mass is 727 g/mol. The van der Waals surface area contributed by atoms with E-state index in [9.17, 15) is 28.0 Å². The maximum Gasteiger partial charge on any atom is 0.328 e. The Labute approximate surface area is 308 Å². The van der Waals surface area contributed by atoms with Gasteiger partial charge >= 0.3 is 5.69 Å². The van der Waals surface area contributed by atoms with E-state index >= 15 is 0 Å². The summed E-state index contributed by atoms with van der Waals surface area (Å²) < 4.78 is 32.3. The number of hydrogen-bond donors (Lipinski definition) is 3. The van der Waals surface area contributed by atoms with E-state index in [1.165, 1.54) is 0 Å². The standard InChI is InChI=1S/C41H35F2N7O4/c1-22(2)28-15-26(18-36-38(28)50(4)41(54)49(36)3)27-9-5-7-23-16-34(46-21-29(23)27)25-10-11-32(45-20-25)39(52)44-14-6-8-24-17-35(31(43)19-30(24)42)47-33-12-13-37(51)48-40(33)53/h5,7,9-11,15-22,33,47H,12-14H2,1-4H3,(H,44,52)(H,48,51,53). The zero-order valence-corrected chi connectivity index (χ0v) is 29.9. The molecule has 3 N–H and O–H groups in total. The predicted octanol–water partition coefficient (Wildman–Crippen LogP) is 5.55. The number of carbonyl (C=O) groups excluding carboxylic acids is 3. The van der Waals surface area contributed by atoms with E-state index in [1.807, 2.05) is 36.5 Å². The number of amides is 3. The zero-order valence-electron chi connectivity index (χ0n) is 29.9. The molecule has 0 spiro atoms. The van der Waals surface area contributed by atoms with E-state index < -0.39 is 35.4 Å². The Kier molecular flexibility index (Phi) is 9.51. The largest absolute Gasteiger partial charge is 0.371 e. The minimum absolute atomic E-state index is 0.0735. The van der Waals surface area contributed by atoms with Gasteiger partial charge in [0.05, 0.1) is 34.5 Å². The first-order valence-electron chi connectivity index (χ1n) is 17.3. The molecule has 13 heteroatoms. The van der Waals surface area contributed by atoms with Crippen molar-refractivity contribution in [1.82, 2.24) is 29.7 Å². The molecule has 3 aromatic carbocycles. The molecule has 54 heavy (non-hydrogen) atoms. The van der Waals surface area contributed by atoms with Gasteiger partial charge in [-0.3, -0.25) is 38.8 Å². The number of anilines is 1. The van der Waals surface area contributed by atoms with Crippen LogP contribution >= 0.6 is 0 Å². The number of nitrogens with one attached hydrogen (secondary N) is 3. The fourth-order valence-corrected chi connectivity index (χ4v) is 6.67. The summed E-state index contributed by atoms with van der Waals surface area (Å²) in [6, 6.07) is 16.5. The Morgan fingerprint density at radius 1 is 0.963 bits per heavy atom. The third-order valence-electron chi connectivity index (χ3n) is 9.57. The van der Waals surface area contributed by atoms with Crippen LogP contribution in [0.1, 0.15) is 54.2 Å². The predicted molar refractivity (Wildman–Crippen MR) is 202 cm³/mol. The summed E-state index contributed by atoms with van der Waals surface area (Å²) >= 11 is 0. The Morgan fingerprint density at radius 2 is 1.78 bits per heavy atom. The molecule has 1 fully saturated rings. The first-order chi connectivity index (χ1) is 25.9. The van der Waals surface area contributed by atoms with Crippen LogP contribution in [0.4, 0.5) is 14.5 Å². The molecule has 4 heterocycles. The molecule has 7 rings (SSSR count). The van der Waals surface area contributed by atoms with Crippen molar-refractivity contribution in [2.75, 3.05) is 11.9 Å². The van der Waals surface area contributed by atoms with Crippen molar-refractivity contribution in [3.63, 3.8) is 0 Å². The normalized spacial score (nSPS) is 14.2. The van der Waals surface area contributed by atoms with Crippen molar-refractivity contribution in [3.8, 4) is 34.2 Å². The Bertz CT molecular complexity index is 2640. The fraction of sp³-hybridized carbons (Fsp3) is 0.220. The number of hydrogen-bond acceptors (Lipinski definition) is 7. The number of pyridine rings is 2. The van der Waals surface area contributed by atoms with Crippen LogP contribution < -0.4 is 21.6 Å². The molecule has 11 nitrogen and oxygen atoms in total. The summed E-state index contributed by atoms with van der Waals surface area (Å²) in [7, 11) is 3.58. The smallest absolute Gasteiger partial charge is 0.328 e. The second-order valence-electron chi connectivity index (χ2n) is 13.5. The lowest BCUT2D eigenvalue weighted by Crippen LogP contribution is -2.47. The highest BCUT2D eigenvalue weighted by molar-refractivity contribution is 6.02. The minimum atomic E-state index is -0.912. The van der Waals surface area contributed by atoms with Gasteiger partial charge in [0.1, 0.15) is 23.4 Å². The summed E-state index contributed by atoms with van der Waals surface area (Å²) in [5.41, 5.74) is 6.03. The highest BCUT2D eigenvalue weighted by Crippen LogP contribution is 2.35. The van der Waals surface area contributed by atoms with Crippen LogP contribution in [0.15, 0.2) is 77.9 Å². The highest BCUT2D eigenvalue weighted by Gasteiger charge is 2.27. The molecule has 0 radical (unpaired) electrons. The van der Waals surface area contributed by atoms with Crippen molar-refractivity contribution in [3.05, 3.63) is 112 Å². The summed E-state index contributed by atoms with van der Waals surface area (Å²) in [6.07, 6.45) is 3.64. The van der Waals surface area contributed by atoms with Gasteiger partial charge in [-0.1, -0.05) is 43.9 Å². The van der Waals surface area contributed by atoms with Gasteiger partial charge in [-0.2, -0.15) is 0 Å². The van der Waals surface area contributed by atoms with E-state index in [1.54, 1.807) is 41.6 Å². The van der Waals surface area contributed by atoms with Gasteiger partial charge in [-0.05, 0) is 70.8 Å². The van der Waals surface area contributed by atoms with Crippen molar-refractivity contribution < 1.29 is 23.2 Å². The van der Waals surface area contributed by atoms with Crippen LogP contribution in [0.5, 0.6) is 0 Å². The number of imidazole rings is 1. The SMILES string of the molecule is CC(C)c1cc(-c2cccc3cc(-c4ccc(C(=O)NCC#Cc5cc(NC6CCC(=O)NC6=O)c(F)cc5F)nc4)ncc23)cc2c1n(C)c(=O)n2C. The fourth-order valence-electron chi connectivity index (χ4n) is 6.67. The second kappa shape index (κ2) is 14.4. The topological polar surface area (TPSA) is 140 Å². The van der Waals surface area contributed by atoms with E-state index in [2.05, 4.69) is 52.7 Å². The number of piperidine rings is 1. The lowest BCUT2D eigenvalue weighted by atomic mass is 9.93. The number of benzene rings is 3. The van der Waals surface area contributed by atoms with Gasteiger partial charge in [-0.25, -0.2) is 13.6 Å². The van der Waals surface area contributed by atoms with Gasteiger partial charge in [0, 0.05) is 49.9 Å². The quantitative estimate of drug-likeness (QED) is 0.145. The number of rotatable bonds is 7. The Balaban J connectivity index is 1.05. The number of aromatic nitrogens is 4. The van der Waals surface area contributed by atoms with E-state index in [0.717, 1.165) is 44.6 Å². The molecule has 1 atom stereocenters. The molecular formula is C41H35F2N7O4. The number of nitrogens with zero attached hydrogens (tertiary/aromatic N) is 4. The van der Waals surface area contributed by atoms with Crippen LogP contribution in [0.3, 0.4) is 0 Å². The summed E-state index contributed by atoms with van der Waals surface area (Å²) in [6.45, 7) is 4.09. The first kappa shape index (κ1) is 35.7. The second-order valence-corrected chi connectivity index (χ2v) is 13.5. The molecule has 1 aliphatic heterocycles. The average molecular weight is 728 g/mol. The van der Waals surface area contributed by atoms with Gasteiger partial charge in [0.25, 0.3) is 5.91 Å². The molecule has 6 aromatic rings. The molecule has 3 amide bonds. The lowest BCUT2D eigenvalue weighted by molar-refractivity contribution is -0.133. The number of halogens is 2.